The smallest absolute Gasteiger partial charge is 0.104 e. The Morgan fingerprint density at radius 1 is 1.11 bits per heavy atom. The number of fused-ring (bicyclic) bond motifs is 1. The molecule has 2 heteroatoms. The first kappa shape index (κ1) is 12.0. The molecule has 1 atom stereocenters. The first-order chi connectivity index (χ1) is 9.25. The molecule has 96 valence electrons. The van der Waals surface area contributed by atoms with Gasteiger partial charge in [-0.1, -0.05) is 42.5 Å². The predicted molar refractivity (Wildman–Crippen MR) is 78.7 cm³/mol. The summed E-state index contributed by atoms with van der Waals surface area (Å²) >= 11 is 0. The summed E-state index contributed by atoms with van der Waals surface area (Å²) in [5, 5.41) is 10.6. The standard InChI is InChI=1S/C17H17NO/c18-14-8-3-7-13(11-14)17(19)16-10-4-6-12-5-1-2-9-15(12)16/h1,3-8,10-11,17,19H,2,9,18H2. The van der Waals surface area contributed by atoms with E-state index < -0.39 is 6.10 Å². The minimum atomic E-state index is -0.607. The number of hydrogen-bond acceptors (Lipinski definition) is 2. The van der Waals surface area contributed by atoms with Crippen molar-refractivity contribution in [1.82, 2.24) is 0 Å². The third-order valence-corrected chi connectivity index (χ3v) is 3.63. The highest BCUT2D eigenvalue weighted by Crippen LogP contribution is 2.31. The highest BCUT2D eigenvalue weighted by atomic mass is 16.3. The number of rotatable bonds is 2. The summed E-state index contributed by atoms with van der Waals surface area (Å²) in [7, 11) is 0. The van der Waals surface area contributed by atoms with Crippen LogP contribution in [0.25, 0.3) is 6.08 Å². The van der Waals surface area contributed by atoms with E-state index in [1.54, 1.807) is 0 Å². The zero-order valence-corrected chi connectivity index (χ0v) is 10.7. The van der Waals surface area contributed by atoms with Gasteiger partial charge in [0.2, 0.25) is 0 Å². The van der Waals surface area contributed by atoms with Crippen LogP contribution in [0.5, 0.6) is 0 Å². The second kappa shape index (κ2) is 4.90. The van der Waals surface area contributed by atoms with E-state index in [2.05, 4.69) is 18.2 Å². The van der Waals surface area contributed by atoms with Crippen LogP contribution in [0.4, 0.5) is 5.69 Å². The van der Waals surface area contributed by atoms with Crippen LogP contribution in [-0.4, -0.2) is 5.11 Å². The van der Waals surface area contributed by atoms with Crippen LogP contribution in [-0.2, 0) is 6.42 Å². The van der Waals surface area contributed by atoms with Crippen molar-refractivity contribution in [3.8, 4) is 0 Å². The van der Waals surface area contributed by atoms with Crippen molar-refractivity contribution < 1.29 is 5.11 Å². The van der Waals surface area contributed by atoms with E-state index in [1.165, 1.54) is 11.1 Å². The van der Waals surface area contributed by atoms with Crippen LogP contribution in [0, 0.1) is 0 Å². The number of benzene rings is 2. The van der Waals surface area contributed by atoms with Gasteiger partial charge in [0, 0.05) is 5.69 Å². The average Bonchev–Trinajstić information content (AvgIpc) is 2.46. The summed E-state index contributed by atoms with van der Waals surface area (Å²) in [5.41, 5.74) is 10.8. The maximum atomic E-state index is 10.6. The Kier molecular flexibility index (Phi) is 3.10. The molecule has 0 aromatic heterocycles. The molecule has 0 spiro atoms. The lowest BCUT2D eigenvalue weighted by atomic mass is 9.88. The lowest BCUT2D eigenvalue weighted by molar-refractivity contribution is 0.219. The Labute approximate surface area is 113 Å². The van der Waals surface area contributed by atoms with Crippen molar-refractivity contribution in [3.63, 3.8) is 0 Å². The van der Waals surface area contributed by atoms with E-state index in [0.29, 0.717) is 5.69 Å². The predicted octanol–water partition coefficient (Wildman–Crippen LogP) is 3.31. The molecule has 19 heavy (non-hydrogen) atoms. The number of hydrogen-bond donors (Lipinski definition) is 2. The monoisotopic (exact) mass is 251 g/mol. The Balaban J connectivity index is 2.05. The molecule has 2 aromatic rings. The van der Waals surface area contributed by atoms with Gasteiger partial charge in [-0.2, -0.15) is 0 Å². The molecule has 0 saturated carbocycles. The van der Waals surface area contributed by atoms with Gasteiger partial charge >= 0.3 is 0 Å². The van der Waals surface area contributed by atoms with Crippen molar-refractivity contribution in [2.24, 2.45) is 0 Å². The Morgan fingerprint density at radius 3 is 2.79 bits per heavy atom. The maximum Gasteiger partial charge on any atom is 0.104 e. The van der Waals surface area contributed by atoms with Crippen LogP contribution in [0.15, 0.2) is 48.5 Å². The third kappa shape index (κ3) is 2.27. The average molecular weight is 251 g/mol. The minimum absolute atomic E-state index is 0.607. The molecule has 3 rings (SSSR count). The van der Waals surface area contributed by atoms with Crippen LogP contribution in [0.2, 0.25) is 0 Å². The first-order valence-electron chi connectivity index (χ1n) is 6.57. The third-order valence-electron chi connectivity index (χ3n) is 3.63. The molecule has 0 amide bonds. The molecule has 0 heterocycles. The number of aliphatic hydroxyl groups is 1. The van der Waals surface area contributed by atoms with Crippen molar-refractivity contribution in [3.05, 3.63) is 70.8 Å². The van der Waals surface area contributed by atoms with Crippen molar-refractivity contribution in [1.29, 1.82) is 0 Å². The molecule has 2 nitrogen and oxygen atoms in total. The summed E-state index contributed by atoms with van der Waals surface area (Å²) in [6.07, 6.45) is 5.73. The molecule has 1 unspecified atom stereocenters. The maximum absolute atomic E-state index is 10.6. The van der Waals surface area contributed by atoms with Crippen molar-refractivity contribution in [2.45, 2.75) is 18.9 Å². The number of nitrogen functional groups attached to an aromatic ring is 1. The fourth-order valence-corrected chi connectivity index (χ4v) is 2.67. The zero-order chi connectivity index (χ0) is 13.2. The fourth-order valence-electron chi connectivity index (χ4n) is 2.67. The molecular weight excluding hydrogens is 234 g/mol. The molecule has 0 radical (unpaired) electrons. The van der Waals surface area contributed by atoms with E-state index in [0.717, 1.165) is 24.0 Å². The van der Waals surface area contributed by atoms with Crippen LogP contribution in [0.1, 0.15) is 34.8 Å². The Morgan fingerprint density at radius 2 is 1.95 bits per heavy atom. The van der Waals surface area contributed by atoms with Crippen LogP contribution >= 0.6 is 0 Å². The van der Waals surface area contributed by atoms with E-state index >= 15 is 0 Å². The van der Waals surface area contributed by atoms with Crippen molar-refractivity contribution in [2.75, 3.05) is 5.73 Å². The molecule has 0 aliphatic heterocycles. The van der Waals surface area contributed by atoms with E-state index in [9.17, 15) is 5.11 Å². The quantitative estimate of drug-likeness (QED) is 0.804. The van der Waals surface area contributed by atoms with Gasteiger partial charge in [0.1, 0.15) is 6.10 Å². The van der Waals surface area contributed by atoms with Gasteiger partial charge in [-0.3, -0.25) is 0 Å². The SMILES string of the molecule is Nc1cccc(C(O)c2cccc3c2CCC=C3)c1. The van der Waals surface area contributed by atoms with Gasteiger partial charge in [-0.15, -0.1) is 0 Å². The summed E-state index contributed by atoms with van der Waals surface area (Å²) in [4.78, 5) is 0. The number of nitrogens with two attached hydrogens (primary N) is 1. The highest BCUT2D eigenvalue weighted by Gasteiger charge is 2.17. The molecule has 2 aromatic carbocycles. The number of allylic oxidation sites excluding steroid dienone is 1. The van der Waals surface area contributed by atoms with Gasteiger partial charge in [0.05, 0.1) is 0 Å². The van der Waals surface area contributed by atoms with E-state index in [4.69, 9.17) is 5.73 Å². The second-order valence-corrected chi connectivity index (χ2v) is 4.93. The molecule has 1 aliphatic carbocycles. The highest BCUT2D eigenvalue weighted by molar-refractivity contribution is 5.59. The molecule has 0 fully saturated rings. The summed E-state index contributed by atoms with van der Waals surface area (Å²) in [6, 6.07) is 13.6. The fraction of sp³-hybridized carbons (Fsp3) is 0.176. The minimum Gasteiger partial charge on any atom is -0.399 e. The first-order valence-corrected chi connectivity index (χ1v) is 6.57. The summed E-state index contributed by atoms with van der Waals surface area (Å²) in [6.45, 7) is 0. The van der Waals surface area contributed by atoms with E-state index in [-0.39, 0.29) is 0 Å². The van der Waals surface area contributed by atoms with E-state index in [1.807, 2.05) is 36.4 Å². The van der Waals surface area contributed by atoms with Crippen LogP contribution < -0.4 is 5.73 Å². The largest absolute Gasteiger partial charge is 0.399 e. The topological polar surface area (TPSA) is 46.2 Å². The Hall–Kier alpha value is -2.06. The van der Waals surface area contributed by atoms with Gasteiger partial charge in [-0.05, 0) is 47.2 Å². The Bertz CT molecular complexity index is 631. The molecule has 0 bridgehead atoms. The number of aliphatic hydroxyl groups excluding tert-OH is 1. The van der Waals surface area contributed by atoms with Gasteiger partial charge < -0.3 is 10.8 Å². The summed E-state index contributed by atoms with van der Waals surface area (Å²) in [5.74, 6) is 0. The van der Waals surface area contributed by atoms with Crippen LogP contribution in [0.3, 0.4) is 0 Å². The van der Waals surface area contributed by atoms with Gasteiger partial charge in [-0.25, -0.2) is 0 Å². The second-order valence-electron chi connectivity index (χ2n) is 4.93. The lowest BCUT2D eigenvalue weighted by Crippen LogP contribution is -2.07. The number of anilines is 1. The molecular formula is C17H17NO. The summed E-state index contributed by atoms with van der Waals surface area (Å²) < 4.78 is 0. The molecule has 1 aliphatic rings. The molecule has 0 saturated heterocycles. The normalized spacial score (nSPS) is 15.0. The molecule has 3 N–H and O–H groups in total. The van der Waals surface area contributed by atoms with Crippen molar-refractivity contribution >= 4 is 11.8 Å². The van der Waals surface area contributed by atoms with Gasteiger partial charge in [0.15, 0.2) is 0 Å². The lowest BCUT2D eigenvalue weighted by Gasteiger charge is -2.20. The van der Waals surface area contributed by atoms with Gasteiger partial charge in [0.25, 0.3) is 0 Å². The zero-order valence-electron chi connectivity index (χ0n) is 10.7.